The minimum atomic E-state index is -1.01. The molecule has 19 heavy (non-hydrogen) atoms. The van der Waals surface area contributed by atoms with E-state index in [1.54, 1.807) is 0 Å². The number of aliphatic carboxylic acids is 1. The second-order valence-electron chi connectivity index (χ2n) is 4.86. The molecule has 0 spiro atoms. The summed E-state index contributed by atoms with van der Waals surface area (Å²) >= 11 is 0. The maximum absolute atomic E-state index is 11.0. The van der Waals surface area contributed by atoms with E-state index in [0.717, 1.165) is 6.42 Å². The van der Waals surface area contributed by atoms with Gasteiger partial charge in [-0.25, -0.2) is 4.79 Å². The quantitative estimate of drug-likeness (QED) is 0.706. The molecule has 102 valence electrons. The van der Waals surface area contributed by atoms with Gasteiger partial charge in [0.05, 0.1) is 0 Å². The van der Waals surface area contributed by atoms with Crippen LogP contribution in [0, 0.1) is 0 Å². The minimum Gasteiger partial charge on any atom is -0.480 e. The summed E-state index contributed by atoms with van der Waals surface area (Å²) in [5.41, 5.74) is 1.27. The molecule has 3 N–H and O–H groups in total. The van der Waals surface area contributed by atoms with E-state index >= 15 is 0 Å². The maximum atomic E-state index is 11.0. The number of carboxylic acid groups (broad SMARTS) is 1. The molecule has 0 saturated heterocycles. The van der Waals surface area contributed by atoms with E-state index in [2.05, 4.69) is 22.8 Å². The number of hydrogen-bond donors (Lipinski definition) is 3. The van der Waals surface area contributed by atoms with Crippen molar-refractivity contribution in [3.8, 4) is 0 Å². The molecule has 0 aliphatic heterocycles. The lowest BCUT2D eigenvalue weighted by Crippen LogP contribution is -2.47. The molecule has 1 aromatic rings. The van der Waals surface area contributed by atoms with Crippen LogP contribution in [0.5, 0.6) is 0 Å². The lowest BCUT2D eigenvalue weighted by molar-refractivity contribution is -0.141. The summed E-state index contributed by atoms with van der Waals surface area (Å²) in [6, 6.07) is 9.58. The summed E-state index contributed by atoms with van der Waals surface area (Å²) in [6.45, 7) is 1.57. The van der Waals surface area contributed by atoms with Crippen molar-refractivity contribution >= 4 is 11.9 Å². The number of amides is 1. The van der Waals surface area contributed by atoms with Gasteiger partial charge in [0.25, 0.3) is 0 Å². The lowest BCUT2D eigenvalue weighted by atomic mass is 10.1. The predicted molar refractivity (Wildman–Crippen MR) is 70.8 cm³/mol. The highest BCUT2D eigenvalue weighted by atomic mass is 16.4. The summed E-state index contributed by atoms with van der Waals surface area (Å²) < 4.78 is 0. The molecule has 1 saturated carbocycles. The predicted octanol–water partition coefficient (Wildman–Crippen LogP) is 0.721. The second kappa shape index (κ2) is 5.84. The molecular weight excluding hydrogens is 244 g/mol. The summed E-state index contributed by atoms with van der Waals surface area (Å²) in [6.07, 6.45) is 1.01. The van der Waals surface area contributed by atoms with E-state index < -0.39 is 12.0 Å². The largest absolute Gasteiger partial charge is 0.480 e. The third-order valence-electron chi connectivity index (χ3n) is 3.28. The first-order chi connectivity index (χ1) is 9.08. The first kappa shape index (κ1) is 13.5. The topological polar surface area (TPSA) is 78.4 Å². The first-order valence-electron chi connectivity index (χ1n) is 6.36. The van der Waals surface area contributed by atoms with Crippen LogP contribution in [-0.2, 0) is 9.59 Å². The van der Waals surface area contributed by atoms with E-state index in [1.165, 1.54) is 12.5 Å². The standard InChI is InChI=1S/C14H18N2O3/c1-9(17)16-13(14(18)19)8-15-12-7-11(12)10-5-3-2-4-6-10/h2-6,11-13,15H,7-8H2,1H3,(H,16,17)(H,18,19). The van der Waals surface area contributed by atoms with Gasteiger partial charge in [-0.3, -0.25) is 4.79 Å². The number of nitrogens with one attached hydrogen (secondary N) is 2. The van der Waals surface area contributed by atoms with Gasteiger partial charge in [-0.05, 0) is 12.0 Å². The summed E-state index contributed by atoms with van der Waals surface area (Å²) in [5, 5.41) is 14.6. The Labute approximate surface area is 112 Å². The summed E-state index contributed by atoms with van der Waals surface area (Å²) in [5.74, 6) is -0.891. The van der Waals surface area contributed by atoms with Crippen molar-refractivity contribution < 1.29 is 14.7 Å². The van der Waals surface area contributed by atoms with Crippen molar-refractivity contribution in [2.75, 3.05) is 6.54 Å². The molecular formula is C14H18N2O3. The number of carboxylic acids is 1. The van der Waals surface area contributed by atoms with Crippen LogP contribution < -0.4 is 10.6 Å². The molecule has 1 fully saturated rings. The lowest BCUT2D eigenvalue weighted by Gasteiger charge is -2.14. The van der Waals surface area contributed by atoms with Crippen LogP contribution in [-0.4, -0.2) is 35.6 Å². The Balaban J connectivity index is 1.80. The van der Waals surface area contributed by atoms with Gasteiger partial charge < -0.3 is 15.7 Å². The highest BCUT2D eigenvalue weighted by Gasteiger charge is 2.38. The van der Waals surface area contributed by atoms with Gasteiger partial charge in [0.15, 0.2) is 0 Å². The van der Waals surface area contributed by atoms with Crippen LogP contribution in [0.25, 0.3) is 0 Å². The van der Waals surface area contributed by atoms with Gasteiger partial charge in [0.2, 0.25) is 5.91 Å². The fourth-order valence-electron chi connectivity index (χ4n) is 2.20. The average Bonchev–Trinajstić information content (AvgIpc) is 3.14. The number of carbonyl (C=O) groups is 2. The Morgan fingerprint density at radius 3 is 2.63 bits per heavy atom. The van der Waals surface area contributed by atoms with Gasteiger partial charge in [0, 0.05) is 25.4 Å². The van der Waals surface area contributed by atoms with E-state index in [1.807, 2.05) is 18.2 Å². The van der Waals surface area contributed by atoms with Crippen molar-refractivity contribution in [3.05, 3.63) is 35.9 Å². The highest BCUT2D eigenvalue weighted by Crippen LogP contribution is 2.40. The molecule has 1 amide bonds. The van der Waals surface area contributed by atoms with Crippen LogP contribution in [0.1, 0.15) is 24.8 Å². The molecule has 3 unspecified atom stereocenters. The average molecular weight is 262 g/mol. The van der Waals surface area contributed by atoms with Gasteiger partial charge in [-0.15, -0.1) is 0 Å². The van der Waals surface area contributed by atoms with Crippen LogP contribution >= 0.6 is 0 Å². The van der Waals surface area contributed by atoms with Crippen molar-refractivity contribution in [2.24, 2.45) is 0 Å². The molecule has 3 atom stereocenters. The van der Waals surface area contributed by atoms with Crippen molar-refractivity contribution in [2.45, 2.75) is 31.3 Å². The van der Waals surface area contributed by atoms with Crippen molar-refractivity contribution in [1.82, 2.24) is 10.6 Å². The minimum absolute atomic E-state index is 0.253. The van der Waals surface area contributed by atoms with Gasteiger partial charge in [0.1, 0.15) is 6.04 Å². The molecule has 1 aliphatic rings. The number of rotatable bonds is 6. The smallest absolute Gasteiger partial charge is 0.327 e. The third-order valence-corrected chi connectivity index (χ3v) is 3.28. The van der Waals surface area contributed by atoms with E-state index in [-0.39, 0.29) is 12.5 Å². The third kappa shape index (κ3) is 3.79. The zero-order chi connectivity index (χ0) is 13.8. The second-order valence-corrected chi connectivity index (χ2v) is 4.86. The molecule has 1 aliphatic carbocycles. The molecule has 5 heteroatoms. The molecule has 1 aromatic carbocycles. The molecule has 0 aromatic heterocycles. The number of hydrogen-bond acceptors (Lipinski definition) is 3. The number of benzene rings is 1. The highest BCUT2D eigenvalue weighted by molar-refractivity contribution is 5.82. The van der Waals surface area contributed by atoms with E-state index in [0.29, 0.717) is 12.0 Å². The Hall–Kier alpha value is -1.88. The van der Waals surface area contributed by atoms with Gasteiger partial charge >= 0.3 is 5.97 Å². The molecule has 0 radical (unpaired) electrons. The fourth-order valence-corrected chi connectivity index (χ4v) is 2.20. The molecule has 0 heterocycles. The summed E-state index contributed by atoms with van der Waals surface area (Å²) in [7, 11) is 0. The molecule has 2 rings (SSSR count). The molecule has 5 nitrogen and oxygen atoms in total. The molecule has 0 bridgehead atoms. The van der Waals surface area contributed by atoms with Gasteiger partial charge in [-0.1, -0.05) is 30.3 Å². The van der Waals surface area contributed by atoms with Crippen LogP contribution in [0.4, 0.5) is 0 Å². The SMILES string of the molecule is CC(=O)NC(CNC1CC1c1ccccc1)C(=O)O. The zero-order valence-electron chi connectivity index (χ0n) is 10.8. The van der Waals surface area contributed by atoms with Crippen molar-refractivity contribution in [1.29, 1.82) is 0 Å². The Bertz CT molecular complexity index is 461. The Kier molecular flexibility index (Phi) is 4.16. The van der Waals surface area contributed by atoms with E-state index in [4.69, 9.17) is 5.11 Å². The van der Waals surface area contributed by atoms with Crippen LogP contribution in [0.3, 0.4) is 0 Å². The van der Waals surface area contributed by atoms with Crippen LogP contribution in [0.2, 0.25) is 0 Å². The Morgan fingerprint density at radius 2 is 2.05 bits per heavy atom. The fraction of sp³-hybridized carbons (Fsp3) is 0.429. The first-order valence-corrected chi connectivity index (χ1v) is 6.36. The monoisotopic (exact) mass is 262 g/mol. The van der Waals surface area contributed by atoms with Gasteiger partial charge in [-0.2, -0.15) is 0 Å². The maximum Gasteiger partial charge on any atom is 0.327 e. The number of carbonyl (C=O) groups excluding carboxylic acids is 1. The van der Waals surface area contributed by atoms with Crippen LogP contribution in [0.15, 0.2) is 30.3 Å². The van der Waals surface area contributed by atoms with E-state index in [9.17, 15) is 9.59 Å². The Morgan fingerprint density at radius 1 is 1.37 bits per heavy atom. The summed E-state index contributed by atoms with van der Waals surface area (Å²) in [4.78, 5) is 21.9. The zero-order valence-corrected chi connectivity index (χ0v) is 10.8. The van der Waals surface area contributed by atoms with Crippen molar-refractivity contribution in [3.63, 3.8) is 0 Å². The normalized spacial score (nSPS) is 22.6.